The minimum Gasteiger partial charge on any atom is -0.491 e. The van der Waals surface area contributed by atoms with Gasteiger partial charge in [0.25, 0.3) is 0 Å². The number of aliphatic hydroxyl groups excluding tert-OH is 2. The fourth-order valence-electron chi connectivity index (χ4n) is 2.91. The third-order valence-corrected chi connectivity index (χ3v) is 4.09. The number of ether oxygens (including phenoxy) is 2. The van der Waals surface area contributed by atoms with Gasteiger partial charge in [-0.3, -0.25) is 4.90 Å². The van der Waals surface area contributed by atoms with Crippen LogP contribution < -0.4 is 9.47 Å². The van der Waals surface area contributed by atoms with Crippen LogP contribution in [-0.4, -0.2) is 53.6 Å². The summed E-state index contributed by atoms with van der Waals surface area (Å²) in [5.74, 6) is 0.785. The first-order chi connectivity index (χ1) is 12.1. The van der Waals surface area contributed by atoms with Crippen molar-refractivity contribution >= 4 is 0 Å². The van der Waals surface area contributed by atoms with Crippen molar-refractivity contribution in [3.63, 3.8) is 0 Å². The summed E-state index contributed by atoms with van der Waals surface area (Å²) in [6.07, 6.45) is -0.996. The molecule has 0 saturated carbocycles. The lowest BCUT2D eigenvalue weighted by Gasteiger charge is -2.17. The Morgan fingerprint density at radius 3 is 2.60 bits per heavy atom. The second kappa shape index (κ2) is 8.29. The first-order valence-corrected chi connectivity index (χ1v) is 8.29. The molecule has 1 aliphatic heterocycles. The van der Waals surface area contributed by atoms with Crippen LogP contribution in [0.15, 0.2) is 48.5 Å². The van der Waals surface area contributed by atoms with E-state index in [1.54, 1.807) is 12.1 Å². The number of hydrogen-bond donors (Lipinski definition) is 2. The van der Waals surface area contributed by atoms with Gasteiger partial charge in [0.15, 0.2) is 0 Å². The molecule has 0 aliphatic carbocycles. The van der Waals surface area contributed by atoms with E-state index >= 15 is 0 Å². The molecule has 2 N–H and O–H groups in total. The van der Waals surface area contributed by atoms with Crippen molar-refractivity contribution in [2.75, 3.05) is 26.3 Å². The summed E-state index contributed by atoms with van der Waals surface area (Å²) in [5.41, 5.74) is 1.09. The number of halogens is 1. The van der Waals surface area contributed by atoms with Gasteiger partial charge in [0, 0.05) is 25.7 Å². The Labute approximate surface area is 146 Å². The highest BCUT2D eigenvalue weighted by Crippen LogP contribution is 2.22. The molecule has 1 heterocycles. The van der Waals surface area contributed by atoms with Gasteiger partial charge in [0.1, 0.15) is 36.1 Å². The van der Waals surface area contributed by atoms with E-state index in [0.717, 1.165) is 5.56 Å². The zero-order valence-electron chi connectivity index (χ0n) is 13.8. The van der Waals surface area contributed by atoms with Crippen LogP contribution >= 0.6 is 0 Å². The standard InChI is InChI=1S/C19H22FNO4/c20-15-2-1-3-17(10-15)25-19-13-21(12-18(19)23)11-14-4-6-16(7-5-14)24-9-8-22/h1-7,10,18-19,22-23H,8-9,11-13H2/t18-,19-/m1/s1. The zero-order chi connectivity index (χ0) is 17.6. The van der Waals surface area contributed by atoms with Crippen molar-refractivity contribution in [1.82, 2.24) is 4.90 Å². The molecule has 0 spiro atoms. The minimum atomic E-state index is -0.615. The van der Waals surface area contributed by atoms with Gasteiger partial charge in [-0.1, -0.05) is 18.2 Å². The van der Waals surface area contributed by atoms with Crippen LogP contribution in [0.5, 0.6) is 11.5 Å². The highest BCUT2D eigenvalue weighted by Gasteiger charge is 2.33. The van der Waals surface area contributed by atoms with E-state index in [1.165, 1.54) is 12.1 Å². The van der Waals surface area contributed by atoms with Crippen molar-refractivity contribution in [3.05, 3.63) is 59.9 Å². The number of likely N-dealkylation sites (tertiary alicyclic amines) is 1. The molecular weight excluding hydrogens is 325 g/mol. The van der Waals surface area contributed by atoms with Crippen molar-refractivity contribution in [3.8, 4) is 11.5 Å². The number of rotatable bonds is 7. The van der Waals surface area contributed by atoms with Gasteiger partial charge < -0.3 is 19.7 Å². The lowest BCUT2D eigenvalue weighted by atomic mass is 10.2. The van der Waals surface area contributed by atoms with E-state index in [1.807, 2.05) is 24.3 Å². The van der Waals surface area contributed by atoms with Crippen LogP contribution in [0.4, 0.5) is 4.39 Å². The molecule has 1 fully saturated rings. The lowest BCUT2D eigenvalue weighted by molar-refractivity contribution is 0.0734. The Bertz CT molecular complexity index is 679. The second-order valence-corrected chi connectivity index (χ2v) is 6.09. The SMILES string of the molecule is OCCOc1ccc(CN2C[C@@H](O)[C@H](Oc3cccc(F)c3)C2)cc1. The molecule has 2 atom stereocenters. The highest BCUT2D eigenvalue weighted by atomic mass is 19.1. The maximum atomic E-state index is 13.2. The maximum absolute atomic E-state index is 13.2. The first-order valence-electron chi connectivity index (χ1n) is 8.29. The zero-order valence-corrected chi connectivity index (χ0v) is 13.8. The lowest BCUT2D eigenvalue weighted by Crippen LogP contribution is -2.29. The molecule has 2 aromatic rings. The summed E-state index contributed by atoms with van der Waals surface area (Å²) in [6, 6.07) is 13.6. The highest BCUT2D eigenvalue weighted by molar-refractivity contribution is 5.27. The third-order valence-electron chi connectivity index (χ3n) is 4.09. The monoisotopic (exact) mass is 347 g/mol. The number of benzene rings is 2. The summed E-state index contributed by atoms with van der Waals surface area (Å²) in [4.78, 5) is 2.10. The van der Waals surface area contributed by atoms with Crippen molar-refractivity contribution < 1.29 is 24.1 Å². The summed E-state index contributed by atoms with van der Waals surface area (Å²) >= 11 is 0. The molecule has 5 nitrogen and oxygen atoms in total. The summed E-state index contributed by atoms with van der Waals surface area (Å²) in [5, 5.41) is 19.0. The smallest absolute Gasteiger partial charge is 0.138 e. The molecule has 2 aromatic carbocycles. The molecule has 0 aromatic heterocycles. The van der Waals surface area contributed by atoms with Gasteiger partial charge >= 0.3 is 0 Å². The predicted molar refractivity (Wildman–Crippen MR) is 91.1 cm³/mol. The van der Waals surface area contributed by atoms with E-state index in [-0.39, 0.29) is 25.1 Å². The van der Waals surface area contributed by atoms with Crippen molar-refractivity contribution in [2.45, 2.75) is 18.8 Å². The topological polar surface area (TPSA) is 62.2 Å². The quantitative estimate of drug-likeness (QED) is 0.800. The first kappa shape index (κ1) is 17.7. The van der Waals surface area contributed by atoms with Gasteiger partial charge in [0.05, 0.1) is 6.61 Å². The van der Waals surface area contributed by atoms with Crippen LogP contribution in [0.1, 0.15) is 5.56 Å². The Morgan fingerprint density at radius 2 is 1.88 bits per heavy atom. The summed E-state index contributed by atoms with van der Waals surface area (Å²) < 4.78 is 24.3. The van der Waals surface area contributed by atoms with Crippen LogP contribution in [0, 0.1) is 5.82 Å². The minimum absolute atomic E-state index is 0.0138. The molecule has 0 radical (unpaired) electrons. The fourth-order valence-corrected chi connectivity index (χ4v) is 2.91. The van der Waals surface area contributed by atoms with E-state index < -0.39 is 6.10 Å². The van der Waals surface area contributed by atoms with Gasteiger partial charge in [-0.05, 0) is 29.8 Å². The van der Waals surface area contributed by atoms with Gasteiger partial charge in [-0.2, -0.15) is 0 Å². The van der Waals surface area contributed by atoms with E-state index in [9.17, 15) is 9.50 Å². The van der Waals surface area contributed by atoms with E-state index in [4.69, 9.17) is 14.6 Å². The predicted octanol–water partition coefficient (Wildman–Crippen LogP) is 1.82. The largest absolute Gasteiger partial charge is 0.491 e. The molecule has 134 valence electrons. The average molecular weight is 347 g/mol. The van der Waals surface area contributed by atoms with E-state index in [0.29, 0.717) is 31.1 Å². The number of β-amino-alcohol motifs (C(OH)–C–C–N with tert-alkyl or cyclic N) is 1. The van der Waals surface area contributed by atoms with Crippen LogP contribution in [0.3, 0.4) is 0 Å². The Morgan fingerprint density at radius 1 is 1.08 bits per heavy atom. The van der Waals surface area contributed by atoms with Gasteiger partial charge in [-0.15, -0.1) is 0 Å². The molecular formula is C19H22FNO4. The molecule has 6 heteroatoms. The molecule has 0 bridgehead atoms. The third kappa shape index (κ3) is 4.92. The van der Waals surface area contributed by atoms with E-state index in [2.05, 4.69) is 4.90 Å². The maximum Gasteiger partial charge on any atom is 0.138 e. The van der Waals surface area contributed by atoms with Crippen molar-refractivity contribution in [2.24, 2.45) is 0 Å². The number of hydrogen-bond acceptors (Lipinski definition) is 5. The van der Waals surface area contributed by atoms with Gasteiger partial charge in [-0.25, -0.2) is 4.39 Å². The number of aliphatic hydroxyl groups is 2. The number of nitrogens with zero attached hydrogens (tertiary/aromatic N) is 1. The summed E-state index contributed by atoms with van der Waals surface area (Å²) in [7, 11) is 0. The molecule has 3 rings (SSSR count). The fraction of sp³-hybridized carbons (Fsp3) is 0.368. The Kier molecular flexibility index (Phi) is 5.86. The molecule has 1 saturated heterocycles. The van der Waals surface area contributed by atoms with Crippen molar-refractivity contribution in [1.29, 1.82) is 0 Å². The van der Waals surface area contributed by atoms with Crippen LogP contribution in [0.2, 0.25) is 0 Å². The Hall–Kier alpha value is -2.15. The molecule has 1 aliphatic rings. The molecule has 0 amide bonds. The van der Waals surface area contributed by atoms with Gasteiger partial charge in [0.2, 0.25) is 0 Å². The van der Waals surface area contributed by atoms with Crippen LogP contribution in [0.25, 0.3) is 0 Å². The molecule has 0 unspecified atom stereocenters. The Balaban J connectivity index is 1.54. The average Bonchev–Trinajstić information content (AvgIpc) is 2.93. The van der Waals surface area contributed by atoms with Crippen LogP contribution in [-0.2, 0) is 6.54 Å². The normalized spacial score (nSPS) is 20.6. The second-order valence-electron chi connectivity index (χ2n) is 6.09. The summed E-state index contributed by atoms with van der Waals surface area (Å²) in [6.45, 7) is 2.01. The molecule has 25 heavy (non-hydrogen) atoms.